The third-order valence-corrected chi connectivity index (χ3v) is 6.31. The Kier molecular flexibility index (Phi) is 4.56. The summed E-state index contributed by atoms with van der Waals surface area (Å²) in [6, 6.07) is 13.5. The van der Waals surface area contributed by atoms with Gasteiger partial charge in [0.25, 0.3) is 11.8 Å². The fourth-order valence-corrected chi connectivity index (χ4v) is 4.59. The molecule has 0 spiro atoms. The molecule has 172 valence electrons. The second kappa shape index (κ2) is 7.66. The van der Waals surface area contributed by atoms with Crippen molar-refractivity contribution in [2.24, 2.45) is 0 Å². The summed E-state index contributed by atoms with van der Waals surface area (Å²) in [6.45, 7) is 1.94. The minimum absolute atomic E-state index is 0.0595. The van der Waals surface area contributed by atoms with Crippen molar-refractivity contribution in [1.29, 1.82) is 0 Å². The third-order valence-electron chi connectivity index (χ3n) is 6.31. The van der Waals surface area contributed by atoms with Gasteiger partial charge in [0.2, 0.25) is 11.8 Å². The quantitative estimate of drug-likeness (QED) is 0.459. The van der Waals surface area contributed by atoms with Crippen molar-refractivity contribution in [2.45, 2.75) is 25.8 Å². The van der Waals surface area contributed by atoms with Gasteiger partial charge in [0.1, 0.15) is 11.7 Å². The predicted octanol–water partition coefficient (Wildman–Crippen LogP) is 2.19. The molecule has 0 aliphatic carbocycles. The van der Waals surface area contributed by atoms with Gasteiger partial charge in [-0.25, -0.2) is 4.68 Å². The van der Waals surface area contributed by atoms with Crippen LogP contribution in [0.4, 0.5) is 0 Å². The van der Waals surface area contributed by atoms with Gasteiger partial charge >= 0.3 is 0 Å². The highest BCUT2D eigenvalue weighted by Crippen LogP contribution is 2.32. The summed E-state index contributed by atoms with van der Waals surface area (Å²) in [5.74, 6) is -2.24. The van der Waals surface area contributed by atoms with E-state index in [-0.39, 0.29) is 24.0 Å². The van der Waals surface area contributed by atoms with E-state index in [9.17, 15) is 19.2 Å². The number of carbonyl (C=O) groups excluding carboxylic acids is 4. The maximum absolute atomic E-state index is 13.4. The van der Waals surface area contributed by atoms with Crippen LogP contribution in [0.15, 0.2) is 54.7 Å². The zero-order valence-corrected chi connectivity index (χ0v) is 18.6. The lowest BCUT2D eigenvalue weighted by Crippen LogP contribution is -2.54. The Balaban J connectivity index is 1.37. The number of aryl methyl sites for hydroxylation is 1. The Morgan fingerprint density at radius 1 is 1.00 bits per heavy atom. The first-order valence-corrected chi connectivity index (χ1v) is 11.1. The fraction of sp³-hybridized carbons (Fsp3) is 0.160. The van der Waals surface area contributed by atoms with Gasteiger partial charge in [-0.05, 0) is 43.7 Å². The molecule has 1 saturated heterocycles. The van der Waals surface area contributed by atoms with Crippen LogP contribution in [0.25, 0.3) is 27.8 Å². The summed E-state index contributed by atoms with van der Waals surface area (Å²) < 4.78 is 1.45. The number of hydrogen-bond donors (Lipinski definition) is 1. The van der Waals surface area contributed by atoms with Gasteiger partial charge in [-0.15, -0.1) is 5.10 Å². The number of hydrogen-bond acceptors (Lipinski definition) is 7. The van der Waals surface area contributed by atoms with Crippen molar-refractivity contribution >= 4 is 34.5 Å². The molecule has 0 bridgehead atoms. The van der Waals surface area contributed by atoms with E-state index in [0.717, 1.165) is 27.1 Å². The van der Waals surface area contributed by atoms with Crippen LogP contribution in [0, 0.1) is 6.92 Å². The summed E-state index contributed by atoms with van der Waals surface area (Å²) in [5.41, 5.74) is 3.93. The lowest BCUT2D eigenvalue weighted by molar-refractivity contribution is -0.136. The zero-order valence-electron chi connectivity index (χ0n) is 18.6. The van der Waals surface area contributed by atoms with E-state index in [1.54, 1.807) is 24.4 Å². The van der Waals surface area contributed by atoms with E-state index in [1.807, 2.05) is 37.3 Å². The molecule has 2 aliphatic rings. The van der Waals surface area contributed by atoms with Crippen molar-refractivity contribution in [3.63, 3.8) is 0 Å². The third kappa shape index (κ3) is 3.30. The number of fused-ring (bicyclic) bond motifs is 2. The molecule has 6 rings (SSSR count). The number of carbonyl (C=O) groups is 4. The molecular weight excluding hydrogens is 448 g/mol. The van der Waals surface area contributed by atoms with E-state index in [4.69, 9.17) is 0 Å². The number of imide groups is 2. The minimum Gasteiger partial charge on any atom is -0.295 e. The van der Waals surface area contributed by atoms with E-state index < -0.39 is 29.7 Å². The molecule has 0 saturated carbocycles. The normalized spacial score (nSPS) is 17.7. The molecule has 0 radical (unpaired) electrons. The van der Waals surface area contributed by atoms with Crippen LogP contribution in [0.5, 0.6) is 0 Å². The molecule has 4 heterocycles. The first-order chi connectivity index (χ1) is 16.9. The van der Waals surface area contributed by atoms with Crippen molar-refractivity contribution in [2.75, 3.05) is 0 Å². The Morgan fingerprint density at radius 3 is 2.69 bits per heavy atom. The van der Waals surface area contributed by atoms with Crippen molar-refractivity contribution in [1.82, 2.24) is 30.2 Å². The molecule has 35 heavy (non-hydrogen) atoms. The smallest absolute Gasteiger partial charge is 0.264 e. The van der Waals surface area contributed by atoms with Gasteiger partial charge < -0.3 is 0 Å². The Labute approximate surface area is 198 Å². The highest BCUT2D eigenvalue weighted by atomic mass is 16.2. The summed E-state index contributed by atoms with van der Waals surface area (Å²) in [5, 5.41) is 11.6. The number of aromatic nitrogens is 4. The molecule has 2 aromatic carbocycles. The lowest BCUT2D eigenvalue weighted by atomic mass is 10.0. The fourth-order valence-electron chi connectivity index (χ4n) is 4.59. The standard InChI is InChI=1S/C25H18N6O4/c1-13-5-6-14-11-15(7-8-17(14)26-13)18-12-30(29-28-18)19-4-2-3-16-22(19)25(35)31(24(16)34)20-9-10-21(32)27-23(20)33/h2-8,11-12,20H,9-10H2,1H3,(H,27,32,33). The maximum Gasteiger partial charge on any atom is 0.264 e. The van der Waals surface area contributed by atoms with Crippen LogP contribution in [0.1, 0.15) is 39.3 Å². The Morgan fingerprint density at radius 2 is 1.86 bits per heavy atom. The second-order valence-electron chi connectivity index (χ2n) is 8.56. The predicted molar refractivity (Wildman–Crippen MR) is 124 cm³/mol. The van der Waals surface area contributed by atoms with E-state index >= 15 is 0 Å². The van der Waals surface area contributed by atoms with Gasteiger partial charge in [0.15, 0.2) is 0 Å². The van der Waals surface area contributed by atoms with E-state index in [2.05, 4.69) is 20.6 Å². The van der Waals surface area contributed by atoms with Crippen LogP contribution in [0.2, 0.25) is 0 Å². The van der Waals surface area contributed by atoms with Crippen LogP contribution in [0.3, 0.4) is 0 Å². The SMILES string of the molecule is Cc1ccc2cc(-c3cn(-c4cccc5c4C(=O)N(C4CCC(=O)NC4=O)C5=O)nn3)ccc2n1. The van der Waals surface area contributed by atoms with E-state index in [0.29, 0.717) is 11.4 Å². The lowest BCUT2D eigenvalue weighted by Gasteiger charge is -2.27. The molecule has 4 aromatic rings. The largest absolute Gasteiger partial charge is 0.295 e. The summed E-state index contributed by atoms with van der Waals surface area (Å²) in [6.07, 6.45) is 1.84. The summed E-state index contributed by atoms with van der Waals surface area (Å²) in [4.78, 5) is 55.7. The molecule has 1 unspecified atom stereocenters. The molecule has 2 aliphatic heterocycles. The van der Waals surface area contributed by atoms with Gasteiger partial charge in [0, 0.05) is 23.1 Å². The van der Waals surface area contributed by atoms with Crippen LogP contribution < -0.4 is 5.32 Å². The Bertz CT molecular complexity index is 1590. The molecule has 2 aromatic heterocycles. The van der Waals surface area contributed by atoms with Crippen molar-refractivity contribution in [3.05, 3.63) is 71.5 Å². The highest BCUT2D eigenvalue weighted by molar-refractivity contribution is 6.24. The first kappa shape index (κ1) is 20.8. The van der Waals surface area contributed by atoms with Crippen LogP contribution in [-0.2, 0) is 9.59 Å². The second-order valence-corrected chi connectivity index (χ2v) is 8.56. The van der Waals surface area contributed by atoms with Gasteiger partial charge in [-0.3, -0.25) is 34.4 Å². The number of benzene rings is 2. The molecule has 10 heteroatoms. The number of pyridine rings is 1. The average molecular weight is 466 g/mol. The molecule has 4 amide bonds. The molecule has 1 fully saturated rings. The summed E-state index contributed by atoms with van der Waals surface area (Å²) in [7, 11) is 0. The summed E-state index contributed by atoms with van der Waals surface area (Å²) >= 11 is 0. The number of nitrogens with zero attached hydrogens (tertiary/aromatic N) is 5. The van der Waals surface area contributed by atoms with Crippen molar-refractivity contribution < 1.29 is 19.2 Å². The number of piperidine rings is 1. The molecular formula is C25H18N6O4. The Hall–Kier alpha value is -4.73. The van der Waals surface area contributed by atoms with Gasteiger partial charge in [-0.1, -0.05) is 23.4 Å². The number of amides is 4. The van der Waals surface area contributed by atoms with Gasteiger partial charge in [0.05, 0.1) is 28.5 Å². The zero-order chi connectivity index (χ0) is 24.3. The molecule has 1 N–H and O–H groups in total. The topological polar surface area (TPSA) is 127 Å². The highest BCUT2D eigenvalue weighted by Gasteiger charge is 2.45. The van der Waals surface area contributed by atoms with Crippen LogP contribution >= 0.6 is 0 Å². The molecule has 1 atom stereocenters. The van der Waals surface area contributed by atoms with Crippen LogP contribution in [-0.4, -0.2) is 54.5 Å². The minimum atomic E-state index is -1.03. The number of nitrogens with one attached hydrogen (secondary N) is 1. The van der Waals surface area contributed by atoms with Gasteiger partial charge in [-0.2, -0.15) is 0 Å². The maximum atomic E-state index is 13.4. The van der Waals surface area contributed by atoms with Crippen molar-refractivity contribution in [3.8, 4) is 16.9 Å². The average Bonchev–Trinajstić information content (AvgIpc) is 3.43. The van der Waals surface area contributed by atoms with E-state index in [1.165, 1.54) is 4.68 Å². The monoisotopic (exact) mass is 466 g/mol. The number of rotatable bonds is 3. The molecule has 10 nitrogen and oxygen atoms in total. The first-order valence-electron chi connectivity index (χ1n) is 11.1.